The van der Waals surface area contributed by atoms with E-state index in [0.717, 1.165) is 10.4 Å². The van der Waals surface area contributed by atoms with Crippen LogP contribution in [0.5, 0.6) is 5.75 Å². The predicted molar refractivity (Wildman–Crippen MR) is 90.4 cm³/mol. The predicted octanol–water partition coefficient (Wildman–Crippen LogP) is 2.95. The average molecular weight is 372 g/mol. The standard InChI is InChI=1S/C14H14ClN3O5S/c1-17(2)24(22,23)10-4-5-11(13(8-10)18(20)21)16-12-7-9(15)3-6-14(12)19/h3-8,16,19H,1-2H3. The number of hydrogen-bond acceptors (Lipinski definition) is 6. The first-order valence-electron chi connectivity index (χ1n) is 6.59. The van der Waals surface area contributed by atoms with Crippen LogP contribution in [0.15, 0.2) is 41.3 Å². The summed E-state index contributed by atoms with van der Waals surface area (Å²) < 4.78 is 25.2. The Morgan fingerprint density at radius 1 is 1.17 bits per heavy atom. The summed E-state index contributed by atoms with van der Waals surface area (Å²) in [6.45, 7) is 0. The van der Waals surface area contributed by atoms with E-state index < -0.39 is 20.6 Å². The van der Waals surface area contributed by atoms with Crippen molar-refractivity contribution in [1.29, 1.82) is 0 Å². The van der Waals surface area contributed by atoms with E-state index in [4.69, 9.17) is 11.6 Å². The highest BCUT2D eigenvalue weighted by Gasteiger charge is 2.23. The Kier molecular flexibility index (Phi) is 4.97. The van der Waals surface area contributed by atoms with Gasteiger partial charge in [0.1, 0.15) is 11.4 Å². The summed E-state index contributed by atoms with van der Waals surface area (Å²) in [4.78, 5) is 10.4. The van der Waals surface area contributed by atoms with Gasteiger partial charge in [0.15, 0.2) is 0 Å². The number of nitrogens with zero attached hydrogens (tertiary/aromatic N) is 2. The SMILES string of the molecule is CN(C)S(=O)(=O)c1ccc(Nc2cc(Cl)ccc2O)c([N+](=O)[O-])c1. The van der Waals surface area contributed by atoms with Gasteiger partial charge in [0.25, 0.3) is 5.69 Å². The molecule has 0 amide bonds. The Hall–Kier alpha value is -2.36. The summed E-state index contributed by atoms with van der Waals surface area (Å²) in [5.41, 5.74) is -0.263. The van der Waals surface area contributed by atoms with E-state index in [1.54, 1.807) is 0 Å². The summed E-state index contributed by atoms with van der Waals surface area (Å²) in [7, 11) is -1.15. The molecule has 8 nitrogen and oxygen atoms in total. The van der Waals surface area contributed by atoms with Crippen molar-refractivity contribution < 1.29 is 18.4 Å². The fourth-order valence-electron chi connectivity index (χ4n) is 1.89. The van der Waals surface area contributed by atoms with Gasteiger partial charge in [0.05, 0.1) is 15.5 Å². The molecule has 0 saturated heterocycles. The summed E-state index contributed by atoms with van der Waals surface area (Å²) in [5, 5.41) is 24.1. The molecule has 10 heteroatoms. The summed E-state index contributed by atoms with van der Waals surface area (Å²) in [6.07, 6.45) is 0. The van der Waals surface area contributed by atoms with E-state index >= 15 is 0 Å². The number of sulfonamides is 1. The van der Waals surface area contributed by atoms with E-state index in [1.807, 2.05) is 0 Å². The van der Waals surface area contributed by atoms with Crippen LogP contribution in [0.1, 0.15) is 0 Å². The largest absolute Gasteiger partial charge is 0.506 e. The Labute approximate surface area is 143 Å². The second-order valence-electron chi connectivity index (χ2n) is 5.01. The number of nitro benzene ring substituents is 1. The molecule has 0 aliphatic carbocycles. The van der Waals surface area contributed by atoms with E-state index in [1.165, 1.54) is 44.4 Å². The van der Waals surface area contributed by atoms with Crippen molar-refractivity contribution in [2.24, 2.45) is 0 Å². The van der Waals surface area contributed by atoms with E-state index in [9.17, 15) is 23.6 Å². The van der Waals surface area contributed by atoms with Crippen LogP contribution in [0.2, 0.25) is 5.02 Å². The molecule has 0 spiro atoms. The molecule has 0 unspecified atom stereocenters. The molecule has 0 heterocycles. The van der Waals surface area contributed by atoms with Gasteiger partial charge < -0.3 is 10.4 Å². The molecule has 2 aromatic carbocycles. The molecule has 0 aliphatic heterocycles. The molecule has 0 saturated carbocycles. The first-order valence-corrected chi connectivity index (χ1v) is 8.41. The lowest BCUT2D eigenvalue weighted by molar-refractivity contribution is -0.384. The first kappa shape index (κ1) is 18.0. The quantitative estimate of drug-likeness (QED) is 0.474. The van der Waals surface area contributed by atoms with Crippen LogP contribution in [0.4, 0.5) is 17.1 Å². The Morgan fingerprint density at radius 2 is 1.83 bits per heavy atom. The van der Waals surface area contributed by atoms with Gasteiger partial charge in [-0.05, 0) is 30.3 Å². The number of rotatable bonds is 5. The van der Waals surface area contributed by atoms with Crippen molar-refractivity contribution in [3.8, 4) is 5.75 Å². The number of nitrogens with one attached hydrogen (secondary N) is 1. The van der Waals surface area contributed by atoms with Crippen LogP contribution in [0, 0.1) is 10.1 Å². The molecule has 128 valence electrons. The smallest absolute Gasteiger partial charge is 0.294 e. The van der Waals surface area contributed by atoms with Gasteiger partial charge in [0.2, 0.25) is 10.0 Å². The van der Waals surface area contributed by atoms with Crippen molar-refractivity contribution in [2.75, 3.05) is 19.4 Å². The third kappa shape index (κ3) is 3.58. The molecule has 0 aliphatic rings. The van der Waals surface area contributed by atoms with Crippen LogP contribution in [0.25, 0.3) is 0 Å². The minimum atomic E-state index is -3.81. The number of phenols is 1. The topological polar surface area (TPSA) is 113 Å². The highest BCUT2D eigenvalue weighted by molar-refractivity contribution is 7.89. The minimum Gasteiger partial charge on any atom is -0.506 e. The molecule has 0 aromatic heterocycles. The Balaban J connectivity index is 2.52. The lowest BCUT2D eigenvalue weighted by atomic mass is 10.2. The second-order valence-corrected chi connectivity index (χ2v) is 7.60. The summed E-state index contributed by atoms with van der Waals surface area (Å²) in [6, 6.07) is 7.65. The molecule has 24 heavy (non-hydrogen) atoms. The van der Waals surface area contributed by atoms with Crippen molar-refractivity contribution in [2.45, 2.75) is 4.90 Å². The minimum absolute atomic E-state index is 0.0234. The lowest BCUT2D eigenvalue weighted by Crippen LogP contribution is -2.22. The van der Waals surface area contributed by atoms with Gasteiger partial charge in [-0.1, -0.05) is 11.6 Å². The molecule has 0 bridgehead atoms. The number of nitro groups is 1. The van der Waals surface area contributed by atoms with E-state index in [-0.39, 0.29) is 22.0 Å². The molecule has 0 fully saturated rings. The average Bonchev–Trinajstić information content (AvgIpc) is 2.50. The lowest BCUT2D eigenvalue weighted by Gasteiger charge is -2.13. The molecule has 2 N–H and O–H groups in total. The molecule has 0 radical (unpaired) electrons. The zero-order valence-electron chi connectivity index (χ0n) is 12.7. The number of aromatic hydroxyl groups is 1. The van der Waals surface area contributed by atoms with Gasteiger partial charge in [-0.3, -0.25) is 10.1 Å². The maximum Gasteiger partial charge on any atom is 0.294 e. The monoisotopic (exact) mass is 371 g/mol. The Morgan fingerprint density at radius 3 is 2.42 bits per heavy atom. The molecule has 2 rings (SSSR count). The van der Waals surface area contributed by atoms with Gasteiger partial charge in [-0.2, -0.15) is 0 Å². The van der Waals surface area contributed by atoms with Crippen molar-refractivity contribution in [1.82, 2.24) is 4.31 Å². The number of halogens is 1. The normalized spacial score (nSPS) is 11.5. The fourth-order valence-corrected chi connectivity index (χ4v) is 2.99. The maximum atomic E-state index is 12.1. The second kappa shape index (κ2) is 6.63. The number of phenolic OH excluding ortho intramolecular Hbond substituents is 1. The zero-order chi connectivity index (χ0) is 18.1. The van der Waals surface area contributed by atoms with Crippen molar-refractivity contribution >= 4 is 38.7 Å². The highest BCUT2D eigenvalue weighted by Crippen LogP contribution is 2.35. The third-order valence-electron chi connectivity index (χ3n) is 3.17. The van der Waals surface area contributed by atoms with Gasteiger partial charge in [0, 0.05) is 25.2 Å². The summed E-state index contributed by atoms with van der Waals surface area (Å²) >= 11 is 5.84. The third-order valence-corrected chi connectivity index (χ3v) is 5.22. The van der Waals surface area contributed by atoms with E-state index in [0.29, 0.717) is 5.02 Å². The highest BCUT2D eigenvalue weighted by atomic mass is 35.5. The van der Waals surface area contributed by atoms with Crippen molar-refractivity contribution in [3.05, 3.63) is 51.5 Å². The first-order chi connectivity index (χ1) is 11.1. The Bertz CT molecular complexity index is 899. The number of benzene rings is 2. The van der Waals surface area contributed by atoms with E-state index in [2.05, 4.69) is 5.32 Å². The number of anilines is 2. The van der Waals surface area contributed by atoms with Crippen LogP contribution < -0.4 is 5.32 Å². The van der Waals surface area contributed by atoms with Gasteiger partial charge in [-0.15, -0.1) is 0 Å². The van der Waals surface area contributed by atoms with Crippen LogP contribution in [0.3, 0.4) is 0 Å². The molecular weight excluding hydrogens is 358 g/mol. The fraction of sp³-hybridized carbons (Fsp3) is 0.143. The molecule has 2 aromatic rings. The van der Waals surface area contributed by atoms with Gasteiger partial charge >= 0.3 is 0 Å². The molecule has 0 atom stereocenters. The van der Waals surface area contributed by atoms with Crippen LogP contribution >= 0.6 is 11.6 Å². The van der Waals surface area contributed by atoms with Crippen molar-refractivity contribution in [3.63, 3.8) is 0 Å². The molecular formula is C14H14ClN3O5S. The van der Waals surface area contributed by atoms with Crippen LogP contribution in [-0.2, 0) is 10.0 Å². The number of hydrogen-bond donors (Lipinski definition) is 2. The summed E-state index contributed by atoms with van der Waals surface area (Å²) in [5.74, 6) is -0.154. The zero-order valence-corrected chi connectivity index (χ0v) is 14.3. The van der Waals surface area contributed by atoms with Crippen LogP contribution in [-0.4, -0.2) is 36.8 Å². The van der Waals surface area contributed by atoms with Gasteiger partial charge in [-0.25, -0.2) is 12.7 Å². The maximum absolute atomic E-state index is 12.1.